The van der Waals surface area contributed by atoms with Gasteiger partial charge in [-0.3, -0.25) is 4.79 Å². The Morgan fingerprint density at radius 3 is 2.95 bits per heavy atom. The molecule has 2 aromatic rings. The first-order chi connectivity index (χ1) is 9.22. The zero-order chi connectivity index (χ0) is 13.7. The molecule has 0 aliphatic rings. The molecular formula is C15H21N3O. The smallest absolute Gasteiger partial charge is 0.220 e. The highest BCUT2D eigenvalue weighted by atomic mass is 16.1. The Kier molecular flexibility index (Phi) is 4.58. The second kappa shape index (κ2) is 6.38. The van der Waals surface area contributed by atoms with Crippen LogP contribution in [-0.4, -0.2) is 24.0 Å². The molecule has 1 aromatic carbocycles. The summed E-state index contributed by atoms with van der Waals surface area (Å²) < 4.78 is 0. The van der Waals surface area contributed by atoms with Crippen molar-refractivity contribution in [1.82, 2.24) is 10.3 Å². The lowest BCUT2D eigenvalue weighted by Gasteiger charge is -2.05. The van der Waals surface area contributed by atoms with Gasteiger partial charge >= 0.3 is 0 Å². The van der Waals surface area contributed by atoms with Crippen LogP contribution < -0.4 is 11.1 Å². The molecule has 0 saturated carbocycles. The number of amides is 1. The minimum Gasteiger partial charge on any atom is -0.358 e. The van der Waals surface area contributed by atoms with E-state index in [-0.39, 0.29) is 5.91 Å². The molecule has 0 unspecified atom stereocenters. The van der Waals surface area contributed by atoms with Crippen molar-refractivity contribution in [1.29, 1.82) is 0 Å². The van der Waals surface area contributed by atoms with Gasteiger partial charge in [0, 0.05) is 29.6 Å². The van der Waals surface area contributed by atoms with E-state index in [1.807, 2.05) is 12.1 Å². The maximum Gasteiger partial charge on any atom is 0.220 e. The molecule has 4 nitrogen and oxygen atoms in total. The molecule has 1 amide bonds. The molecule has 0 radical (unpaired) electrons. The number of carbonyl (C=O) groups is 1. The minimum absolute atomic E-state index is 0.0861. The molecule has 4 N–H and O–H groups in total. The topological polar surface area (TPSA) is 70.9 Å². The van der Waals surface area contributed by atoms with Crippen LogP contribution in [0, 0.1) is 6.92 Å². The first-order valence-corrected chi connectivity index (χ1v) is 6.75. The minimum atomic E-state index is 0.0861. The van der Waals surface area contributed by atoms with E-state index in [4.69, 9.17) is 5.73 Å². The van der Waals surface area contributed by atoms with Gasteiger partial charge in [-0.1, -0.05) is 18.2 Å². The third-order valence-corrected chi connectivity index (χ3v) is 3.33. The van der Waals surface area contributed by atoms with E-state index >= 15 is 0 Å². The maximum atomic E-state index is 11.5. The van der Waals surface area contributed by atoms with E-state index in [9.17, 15) is 4.79 Å². The van der Waals surface area contributed by atoms with Gasteiger partial charge in [-0.2, -0.15) is 0 Å². The van der Waals surface area contributed by atoms with Crippen molar-refractivity contribution in [2.45, 2.75) is 26.2 Å². The normalized spacial score (nSPS) is 10.8. The molecule has 102 valence electrons. The van der Waals surface area contributed by atoms with Gasteiger partial charge in [0.05, 0.1) is 0 Å². The Labute approximate surface area is 113 Å². The number of hydrogen-bond donors (Lipinski definition) is 3. The lowest BCUT2D eigenvalue weighted by atomic mass is 10.1. The van der Waals surface area contributed by atoms with Gasteiger partial charge in [0.25, 0.3) is 0 Å². The number of nitrogens with one attached hydrogen (secondary N) is 2. The van der Waals surface area contributed by atoms with E-state index in [1.54, 1.807) is 0 Å². The van der Waals surface area contributed by atoms with Gasteiger partial charge in [-0.25, -0.2) is 0 Å². The van der Waals surface area contributed by atoms with Crippen LogP contribution in [0.5, 0.6) is 0 Å². The first-order valence-electron chi connectivity index (χ1n) is 6.75. The number of aromatic nitrogens is 1. The third kappa shape index (κ3) is 3.35. The van der Waals surface area contributed by atoms with Gasteiger partial charge in [-0.05, 0) is 37.9 Å². The monoisotopic (exact) mass is 259 g/mol. The summed E-state index contributed by atoms with van der Waals surface area (Å²) >= 11 is 0. The van der Waals surface area contributed by atoms with Crippen LogP contribution in [0.4, 0.5) is 0 Å². The average molecular weight is 259 g/mol. The molecule has 0 atom stereocenters. The lowest BCUT2D eigenvalue weighted by Crippen LogP contribution is -2.26. The van der Waals surface area contributed by atoms with Crippen LogP contribution in [0.25, 0.3) is 10.9 Å². The molecular weight excluding hydrogens is 238 g/mol. The van der Waals surface area contributed by atoms with Crippen molar-refractivity contribution in [3.63, 3.8) is 0 Å². The summed E-state index contributed by atoms with van der Waals surface area (Å²) in [5.41, 5.74) is 9.00. The number of hydrogen-bond acceptors (Lipinski definition) is 2. The Bertz CT molecular complexity index is 560. The highest BCUT2D eigenvalue weighted by Crippen LogP contribution is 2.21. The van der Waals surface area contributed by atoms with Gasteiger partial charge in [-0.15, -0.1) is 0 Å². The van der Waals surface area contributed by atoms with Crippen LogP contribution in [0.15, 0.2) is 24.3 Å². The van der Waals surface area contributed by atoms with Crippen molar-refractivity contribution in [3.8, 4) is 0 Å². The van der Waals surface area contributed by atoms with Crippen molar-refractivity contribution in [2.24, 2.45) is 5.73 Å². The lowest BCUT2D eigenvalue weighted by molar-refractivity contribution is -0.121. The second-order valence-electron chi connectivity index (χ2n) is 4.77. The summed E-state index contributed by atoms with van der Waals surface area (Å²) in [6.07, 6.45) is 2.12. The number of benzene rings is 1. The number of aryl methyl sites for hydroxylation is 1. The molecule has 0 saturated heterocycles. The molecule has 2 rings (SSSR count). The highest BCUT2D eigenvalue weighted by Gasteiger charge is 2.08. The summed E-state index contributed by atoms with van der Waals surface area (Å²) in [5, 5.41) is 4.19. The zero-order valence-corrected chi connectivity index (χ0v) is 11.3. The summed E-state index contributed by atoms with van der Waals surface area (Å²) in [7, 11) is 0. The van der Waals surface area contributed by atoms with Gasteiger partial charge in [0.2, 0.25) is 5.91 Å². The highest BCUT2D eigenvalue weighted by molar-refractivity contribution is 5.84. The Hall–Kier alpha value is -1.81. The quantitative estimate of drug-likeness (QED) is 0.741. The van der Waals surface area contributed by atoms with Crippen LogP contribution in [0.1, 0.15) is 24.1 Å². The standard InChI is InChI=1S/C15H21N3O/c1-11-12(8-10-17-15(19)7-4-9-16)13-5-2-3-6-14(13)18-11/h2-3,5-6,18H,4,7-10,16H2,1H3,(H,17,19). The summed E-state index contributed by atoms with van der Waals surface area (Å²) in [6.45, 7) is 3.31. The number of para-hydroxylation sites is 1. The van der Waals surface area contributed by atoms with Crippen molar-refractivity contribution >= 4 is 16.8 Å². The zero-order valence-electron chi connectivity index (χ0n) is 11.3. The number of carbonyl (C=O) groups excluding carboxylic acids is 1. The van der Waals surface area contributed by atoms with E-state index in [2.05, 4.69) is 29.4 Å². The maximum absolute atomic E-state index is 11.5. The second-order valence-corrected chi connectivity index (χ2v) is 4.77. The molecule has 0 aliphatic carbocycles. The predicted molar refractivity (Wildman–Crippen MR) is 78.0 cm³/mol. The number of H-pyrrole nitrogens is 1. The summed E-state index contributed by atoms with van der Waals surface area (Å²) in [4.78, 5) is 14.9. The fourth-order valence-corrected chi connectivity index (χ4v) is 2.33. The molecule has 1 aromatic heterocycles. The van der Waals surface area contributed by atoms with Gasteiger partial charge in [0.15, 0.2) is 0 Å². The van der Waals surface area contributed by atoms with E-state index in [1.165, 1.54) is 16.6 Å². The molecule has 4 heteroatoms. The Balaban J connectivity index is 1.94. The summed E-state index contributed by atoms with van der Waals surface area (Å²) in [5.74, 6) is 0.0861. The van der Waals surface area contributed by atoms with Crippen molar-refractivity contribution in [2.75, 3.05) is 13.1 Å². The van der Waals surface area contributed by atoms with Crippen molar-refractivity contribution in [3.05, 3.63) is 35.5 Å². The largest absolute Gasteiger partial charge is 0.358 e. The molecule has 1 heterocycles. The fourth-order valence-electron chi connectivity index (χ4n) is 2.33. The van der Waals surface area contributed by atoms with Crippen molar-refractivity contribution < 1.29 is 4.79 Å². The summed E-state index contributed by atoms with van der Waals surface area (Å²) in [6, 6.07) is 8.26. The Morgan fingerprint density at radius 1 is 1.37 bits per heavy atom. The molecule has 0 fully saturated rings. The number of nitrogens with two attached hydrogens (primary N) is 1. The average Bonchev–Trinajstić information content (AvgIpc) is 2.73. The SMILES string of the molecule is Cc1[nH]c2ccccc2c1CCNC(=O)CCCN. The van der Waals surface area contributed by atoms with E-state index in [0.717, 1.165) is 18.4 Å². The fraction of sp³-hybridized carbons (Fsp3) is 0.400. The molecule has 0 bridgehead atoms. The predicted octanol–water partition coefficient (Wildman–Crippen LogP) is 1.87. The van der Waals surface area contributed by atoms with E-state index in [0.29, 0.717) is 19.5 Å². The van der Waals surface area contributed by atoms with Crippen LogP contribution in [-0.2, 0) is 11.2 Å². The molecule has 0 aliphatic heterocycles. The number of rotatable bonds is 6. The Morgan fingerprint density at radius 2 is 2.16 bits per heavy atom. The molecule has 19 heavy (non-hydrogen) atoms. The van der Waals surface area contributed by atoms with Crippen LogP contribution >= 0.6 is 0 Å². The number of aromatic amines is 1. The molecule has 0 spiro atoms. The van der Waals surface area contributed by atoms with E-state index < -0.39 is 0 Å². The van der Waals surface area contributed by atoms with Crippen LogP contribution in [0.3, 0.4) is 0 Å². The number of fused-ring (bicyclic) bond motifs is 1. The third-order valence-electron chi connectivity index (χ3n) is 3.33. The van der Waals surface area contributed by atoms with Gasteiger partial charge in [0.1, 0.15) is 0 Å². The van der Waals surface area contributed by atoms with Crippen LogP contribution in [0.2, 0.25) is 0 Å². The first kappa shape index (κ1) is 13.6. The van der Waals surface area contributed by atoms with Gasteiger partial charge < -0.3 is 16.0 Å².